The van der Waals surface area contributed by atoms with Gasteiger partial charge in [0.15, 0.2) is 6.10 Å². The molecule has 4 nitrogen and oxygen atoms in total. The zero-order chi connectivity index (χ0) is 18.6. The molecule has 134 valence electrons. The van der Waals surface area contributed by atoms with E-state index in [-0.39, 0.29) is 11.9 Å². The van der Waals surface area contributed by atoms with Crippen LogP contribution in [0, 0.1) is 0 Å². The van der Waals surface area contributed by atoms with Gasteiger partial charge in [-0.3, -0.25) is 4.79 Å². The zero-order valence-electron chi connectivity index (χ0n) is 14.7. The molecule has 1 heterocycles. The normalized spacial score (nSPS) is 15.7. The van der Waals surface area contributed by atoms with Crippen LogP contribution in [-0.2, 0) is 16.0 Å². The Labute approximate surface area is 157 Å². The molecule has 4 rings (SSSR count). The minimum Gasteiger partial charge on any atom is -0.448 e. The predicted octanol–water partition coefficient (Wildman–Crippen LogP) is 3.67. The molecule has 0 radical (unpaired) electrons. The number of amides is 1. The number of carbonyl (C=O) groups excluding carboxylic acids is 2. The number of nitrogens with one attached hydrogen (secondary N) is 1. The molecule has 4 heteroatoms. The fourth-order valence-electron chi connectivity index (χ4n) is 3.36. The van der Waals surface area contributed by atoms with Crippen LogP contribution in [0.4, 0.5) is 0 Å². The maximum absolute atomic E-state index is 12.9. The van der Waals surface area contributed by atoms with Crippen LogP contribution in [0.1, 0.15) is 33.1 Å². The monoisotopic (exact) mass is 357 g/mol. The molecule has 0 saturated carbocycles. The molecule has 1 N–H and O–H groups in total. The Hall–Kier alpha value is -3.40. The quantitative estimate of drug-likeness (QED) is 0.725. The van der Waals surface area contributed by atoms with E-state index in [1.165, 1.54) is 0 Å². The number of hydrogen-bond acceptors (Lipinski definition) is 3. The molecular formula is C23H19NO3. The summed E-state index contributed by atoms with van der Waals surface area (Å²) in [5.74, 6) is -0.747. The van der Waals surface area contributed by atoms with Crippen molar-refractivity contribution in [3.05, 3.63) is 107 Å². The van der Waals surface area contributed by atoms with Crippen molar-refractivity contribution in [1.82, 2.24) is 5.32 Å². The predicted molar refractivity (Wildman–Crippen MR) is 102 cm³/mol. The third kappa shape index (κ3) is 3.60. The lowest BCUT2D eigenvalue weighted by atomic mass is 9.96. The summed E-state index contributed by atoms with van der Waals surface area (Å²) in [6, 6.07) is 26.5. The van der Waals surface area contributed by atoms with E-state index in [1.807, 2.05) is 72.8 Å². The maximum Gasteiger partial charge on any atom is 0.339 e. The third-order valence-electron chi connectivity index (χ3n) is 4.74. The van der Waals surface area contributed by atoms with Crippen molar-refractivity contribution < 1.29 is 14.3 Å². The van der Waals surface area contributed by atoms with Crippen LogP contribution in [0.2, 0.25) is 0 Å². The van der Waals surface area contributed by atoms with E-state index in [9.17, 15) is 9.59 Å². The molecule has 1 aliphatic rings. The molecule has 0 aromatic heterocycles. The summed E-state index contributed by atoms with van der Waals surface area (Å²) in [6.45, 7) is 0. The van der Waals surface area contributed by atoms with Gasteiger partial charge in [0.05, 0.1) is 11.6 Å². The van der Waals surface area contributed by atoms with E-state index < -0.39 is 12.1 Å². The highest BCUT2D eigenvalue weighted by Gasteiger charge is 2.32. The first kappa shape index (κ1) is 17.0. The van der Waals surface area contributed by atoms with E-state index in [1.54, 1.807) is 12.1 Å². The van der Waals surface area contributed by atoms with Gasteiger partial charge in [0.25, 0.3) is 5.91 Å². The standard InChI is InChI=1S/C23H19NO3/c25-22(20-15-18-13-7-8-14-19(18)23(26)27-20)24-21(16-9-3-1-4-10-16)17-11-5-2-6-12-17/h1-14,20-21H,15H2,(H,24,25). The summed E-state index contributed by atoms with van der Waals surface area (Å²) in [5.41, 5.74) is 3.31. The van der Waals surface area contributed by atoms with E-state index in [4.69, 9.17) is 4.74 Å². The van der Waals surface area contributed by atoms with Crippen LogP contribution in [0.5, 0.6) is 0 Å². The smallest absolute Gasteiger partial charge is 0.339 e. The van der Waals surface area contributed by atoms with Crippen LogP contribution in [-0.4, -0.2) is 18.0 Å². The lowest BCUT2D eigenvalue weighted by molar-refractivity contribution is -0.130. The summed E-state index contributed by atoms with van der Waals surface area (Å²) >= 11 is 0. The SMILES string of the molecule is O=C1OC(C(=O)NC(c2ccccc2)c2ccccc2)Cc2ccccc21. The van der Waals surface area contributed by atoms with Gasteiger partial charge in [0.2, 0.25) is 0 Å². The fraction of sp³-hybridized carbons (Fsp3) is 0.130. The molecule has 3 aromatic carbocycles. The number of benzene rings is 3. The highest BCUT2D eigenvalue weighted by Crippen LogP contribution is 2.24. The molecule has 0 spiro atoms. The molecule has 1 aliphatic heterocycles. The first-order valence-corrected chi connectivity index (χ1v) is 8.91. The van der Waals surface area contributed by atoms with Gasteiger partial charge >= 0.3 is 5.97 Å². The number of carbonyl (C=O) groups is 2. The van der Waals surface area contributed by atoms with Crippen molar-refractivity contribution in [3.63, 3.8) is 0 Å². The maximum atomic E-state index is 12.9. The van der Waals surface area contributed by atoms with Gasteiger partial charge in [0.1, 0.15) is 0 Å². The van der Waals surface area contributed by atoms with Gasteiger partial charge in [-0.2, -0.15) is 0 Å². The lowest BCUT2D eigenvalue weighted by Crippen LogP contribution is -2.43. The first-order valence-electron chi connectivity index (χ1n) is 8.91. The molecule has 1 amide bonds. The second kappa shape index (κ2) is 7.46. The molecular weight excluding hydrogens is 338 g/mol. The minimum atomic E-state index is -0.831. The van der Waals surface area contributed by atoms with Crippen molar-refractivity contribution >= 4 is 11.9 Å². The second-order valence-corrected chi connectivity index (χ2v) is 6.52. The number of cyclic esters (lactones) is 1. The molecule has 0 bridgehead atoms. The van der Waals surface area contributed by atoms with Crippen molar-refractivity contribution in [2.24, 2.45) is 0 Å². The topological polar surface area (TPSA) is 55.4 Å². The zero-order valence-corrected chi connectivity index (χ0v) is 14.7. The minimum absolute atomic E-state index is 0.296. The summed E-state index contributed by atoms with van der Waals surface area (Å²) < 4.78 is 5.40. The van der Waals surface area contributed by atoms with Gasteiger partial charge in [-0.15, -0.1) is 0 Å². The molecule has 1 unspecified atom stereocenters. The number of hydrogen-bond donors (Lipinski definition) is 1. The van der Waals surface area contributed by atoms with Crippen LogP contribution in [0.3, 0.4) is 0 Å². The Morgan fingerprint density at radius 2 is 1.41 bits per heavy atom. The molecule has 3 aromatic rings. The van der Waals surface area contributed by atoms with E-state index >= 15 is 0 Å². The summed E-state index contributed by atoms with van der Waals surface area (Å²) in [5, 5.41) is 3.05. The first-order chi connectivity index (χ1) is 13.2. The Kier molecular flexibility index (Phi) is 4.71. The van der Waals surface area contributed by atoms with Gasteiger partial charge in [-0.25, -0.2) is 4.79 Å². The Morgan fingerprint density at radius 1 is 0.852 bits per heavy atom. The van der Waals surface area contributed by atoms with E-state index in [0.29, 0.717) is 12.0 Å². The lowest BCUT2D eigenvalue weighted by Gasteiger charge is -2.27. The van der Waals surface area contributed by atoms with Crippen LogP contribution in [0.25, 0.3) is 0 Å². The Bertz CT molecular complexity index is 914. The van der Waals surface area contributed by atoms with Crippen LogP contribution in [0.15, 0.2) is 84.9 Å². The third-order valence-corrected chi connectivity index (χ3v) is 4.74. The van der Waals surface area contributed by atoms with Gasteiger partial charge in [-0.1, -0.05) is 78.9 Å². The molecule has 0 saturated heterocycles. The second-order valence-electron chi connectivity index (χ2n) is 6.52. The van der Waals surface area contributed by atoms with Crippen LogP contribution >= 0.6 is 0 Å². The van der Waals surface area contributed by atoms with E-state index in [0.717, 1.165) is 16.7 Å². The Morgan fingerprint density at radius 3 is 2.04 bits per heavy atom. The number of fused-ring (bicyclic) bond motifs is 1. The van der Waals surface area contributed by atoms with Gasteiger partial charge in [-0.05, 0) is 22.8 Å². The van der Waals surface area contributed by atoms with Crippen LogP contribution < -0.4 is 5.32 Å². The van der Waals surface area contributed by atoms with Gasteiger partial charge < -0.3 is 10.1 Å². The molecule has 1 atom stereocenters. The van der Waals surface area contributed by atoms with Crippen molar-refractivity contribution in [2.75, 3.05) is 0 Å². The highest BCUT2D eigenvalue weighted by molar-refractivity contribution is 5.95. The van der Waals surface area contributed by atoms with Crippen molar-refractivity contribution in [3.8, 4) is 0 Å². The van der Waals surface area contributed by atoms with E-state index in [2.05, 4.69) is 5.32 Å². The average Bonchev–Trinajstić information content (AvgIpc) is 2.73. The number of rotatable bonds is 4. The fourth-order valence-corrected chi connectivity index (χ4v) is 3.36. The number of ether oxygens (including phenoxy) is 1. The Balaban J connectivity index is 1.59. The molecule has 0 fully saturated rings. The largest absolute Gasteiger partial charge is 0.448 e. The average molecular weight is 357 g/mol. The molecule has 0 aliphatic carbocycles. The molecule has 27 heavy (non-hydrogen) atoms. The van der Waals surface area contributed by atoms with Crippen molar-refractivity contribution in [2.45, 2.75) is 18.6 Å². The highest BCUT2D eigenvalue weighted by atomic mass is 16.5. The summed E-state index contributed by atoms with van der Waals surface area (Å²) in [7, 11) is 0. The summed E-state index contributed by atoms with van der Waals surface area (Å²) in [6.07, 6.45) is -0.452. The number of esters is 1. The summed E-state index contributed by atoms with van der Waals surface area (Å²) in [4.78, 5) is 25.1. The van der Waals surface area contributed by atoms with Gasteiger partial charge in [0, 0.05) is 6.42 Å². The van der Waals surface area contributed by atoms with Crippen molar-refractivity contribution in [1.29, 1.82) is 0 Å².